The summed E-state index contributed by atoms with van der Waals surface area (Å²) in [5.41, 5.74) is 5.25. The topological polar surface area (TPSA) is 75.0 Å². The van der Waals surface area contributed by atoms with Crippen LogP contribution in [0.4, 0.5) is 5.82 Å². The van der Waals surface area contributed by atoms with Crippen LogP contribution in [0.2, 0.25) is 5.02 Å². The molecule has 1 aliphatic carbocycles. The van der Waals surface area contributed by atoms with Gasteiger partial charge in [0.2, 0.25) is 0 Å². The number of aromatic amines is 1. The van der Waals surface area contributed by atoms with Crippen molar-refractivity contribution in [2.24, 2.45) is 5.73 Å². The van der Waals surface area contributed by atoms with E-state index >= 15 is 0 Å². The average molecular weight is 257 g/mol. The van der Waals surface area contributed by atoms with Gasteiger partial charge in [-0.15, -0.1) is 0 Å². The van der Waals surface area contributed by atoms with Crippen molar-refractivity contribution < 1.29 is 0 Å². The molecule has 0 spiro atoms. The number of nitrogens with one attached hydrogen (secondary N) is 1. The number of anilines is 1. The summed E-state index contributed by atoms with van der Waals surface area (Å²) >= 11 is 6.01. The van der Waals surface area contributed by atoms with Crippen molar-refractivity contribution in [1.82, 2.24) is 9.97 Å². The van der Waals surface area contributed by atoms with Crippen molar-refractivity contribution in [3.8, 4) is 0 Å². The quantitative estimate of drug-likeness (QED) is 0.828. The standard InChI is InChI=1S/C11H17ClN4O/c12-9-10(14-7-15-11(9)17)16(6-2-5-13)8-3-1-4-8/h7-8H,1-6,13H2,(H,14,15,17). The van der Waals surface area contributed by atoms with Crippen LogP contribution < -0.4 is 16.2 Å². The Kier molecular flexibility index (Phi) is 4.02. The minimum atomic E-state index is -0.284. The lowest BCUT2D eigenvalue weighted by atomic mass is 9.91. The fraction of sp³-hybridized carbons (Fsp3) is 0.636. The van der Waals surface area contributed by atoms with Gasteiger partial charge in [-0.2, -0.15) is 0 Å². The molecule has 0 amide bonds. The van der Waals surface area contributed by atoms with E-state index < -0.39 is 0 Å². The first-order valence-electron chi connectivity index (χ1n) is 5.94. The maximum absolute atomic E-state index is 11.5. The fourth-order valence-corrected chi connectivity index (χ4v) is 2.21. The molecule has 1 saturated carbocycles. The van der Waals surface area contributed by atoms with Crippen LogP contribution >= 0.6 is 11.6 Å². The van der Waals surface area contributed by atoms with E-state index in [9.17, 15) is 4.79 Å². The van der Waals surface area contributed by atoms with Gasteiger partial charge in [0.25, 0.3) is 5.56 Å². The van der Waals surface area contributed by atoms with Crippen LogP contribution in [-0.2, 0) is 0 Å². The van der Waals surface area contributed by atoms with Gasteiger partial charge in [0.1, 0.15) is 5.02 Å². The molecular formula is C11H17ClN4O. The summed E-state index contributed by atoms with van der Waals surface area (Å²) in [5.74, 6) is 0.591. The normalized spacial score (nSPS) is 15.6. The highest BCUT2D eigenvalue weighted by Crippen LogP contribution is 2.30. The molecule has 1 fully saturated rings. The zero-order valence-corrected chi connectivity index (χ0v) is 10.4. The Morgan fingerprint density at radius 1 is 1.59 bits per heavy atom. The molecule has 94 valence electrons. The number of aromatic nitrogens is 2. The molecule has 1 aromatic rings. The smallest absolute Gasteiger partial charge is 0.271 e. The van der Waals surface area contributed by atoms with Crippen LogP contribution in [0.5, 0.6) is 0 Å². The first-order valence-corrected chi connectivity index (χ1v) is 6.31. The average Bonchev–Trinajstić information content (AvgIpc) is 2.26. The molecule has 0 aliphatic heterocycles. The van der Waals surface area contributed by atoms with Gasteiger partial charge in [-0.3, -0.25) is 4.79 Å². The summed E-state index contributed by atoms with van der Waals surface area (Å²) < 4.78 is 0. The molecule has 0 aromatic carbocycles. The van der Waals surface area contributed by atoms with Gasteiger partial charge in [-0.25, -0.2) is 4.98 Å². The maximum Gasteiger partial charge on any atom is 0.271 e. The second kappa shape index (κ2) is 5.51. The summed E-state index contributed by atoms with van der Waals surface area (Å²) in [7, 11) is 0. The largest absolute Gasteiger partial charge is 0.352 e. The van der Waals surface area contributed by atoms with Crippen molar-refractivity contribution in [2.45, 2.75) is 31.7 Å². The molecule has 0 radical (unpaired) electrons. The van der Waals surface area contributed by atoms with Gasteiger partial charge in [0, 0.05) is 12.6 Å². The number of hydrogen-bond donors (Lipinski definition) is 2. The second-order valence-electron chi connectivity index (χ2n) is 4.29. The highest BCUT2D eigenvalue weighted by molar-refractivity contribution is 6.32. The van der Waals surface area contributed by atoms with Crippen LogP contribution in [0.25, 0.3) is 0 Å². The highest BCUT2D eigenvalue weighted by Gasteiger charge is 2.27. The van der Waals surface area contributed by atoms with Crippen LogP contribution in [0.3, 0.4) is 0 Å². The summed E-state index contributed by atoms with van der Waals surface area (Å²) in [6.45, 7) is 1.43. The van der Waals surface area contributed by atoms with Crippen molar-refractivity contribution >= 4 is 17.4 Å². The predicted octanol–water partition coefficient (Wildman–Crippen LogP) is 1.13. The molecule has 2 rings (SSSR count). The van der Waals surface area contributed by atoms with Gasteiger partial charge < -0.3 is 15.6 Å². The van der Waals surface area contributed by atoms with E-state index in [1.165, 1.54) is 12.7 Å². The van der Waals surface area contributed by atoms with E-state index in [4.69, 9.17) is 17.3 Å². The third-order valence-corrected chi connectivity index (χ3v) is 3.51. The first-order chi connectivity index (χ1) is 8.24. The lowest BCUT2D eigenvalue weighted by Crippen LogP contribution is -2.42. The Morgan fingerprint density at radius 3 is 2.94 bits per heavy atom. The molecule has 6 heteroatoms. The Labute approximate surface area is 105 Å². The third kappa shape index (κ3) is 2.61. The van der Waals surface area contributed by atoms with Crippen LogP contribution in [-0.4, -0.2) is 29.1 Å². The van der Waals surface area contributed by atoms with E-state index in [0.29, 0.717) is 18.4 Å². The van der Waals surface area contributed by atoms with Gasteiger partial charge in [0.05, 0.1) is 6.33 Å². The number of hydrogen-bond acceptors (Lipinski definition) is 4. The molecule has 0 bridgehead atoms. The van der Waals surface area contributed by atoms with E-state index in [0.717, 1.165) is 25.8 Å². The fourth-order valence-electron chi connectivity index (χ4n) is 2.00. The van der Waals surface area contributed by atoms with Crippen LogP contribution in [0, 0.1) is 0 Å². The highest BCUT2D eigenvalue weighted by atomic mass is 35.5. The number of nitrogens with two attached hydrogens (primary N) is 1. The number of nitrogens with zero attached hydrogens (tertiary/aromatic N) is 2. The molecule has 1 heterocycles. The SMILES string of the molecule is NCCCN(c1nc[nH]c(=O)c1Cl)C1CCC1. The van der Waals surface area contributed by atoms with E-state index in [1.807, 2.05) is 0 Å². The lowest BCUT2D eigenvalue weighted by Gasteiger charge is -2.38. The Balaban J connectivity index is 2.24. The molecular weight excluding hydrogens is 240 g/mol. The molecule has 0 unspecified atom stereocenters. The second-order valence-corrected chi connectivity index (χ2v) is 4.67. The summed E-state index contributed by atoms with van der Waals surface area (Å²) in [5, 5.41) is 0.177. The monoisotopic (exact) mass is 256 g/mol. The molecule has 0 atom stereocenters. The molecule has 1 aliphatic rings. The Morgan fingerprint density at radius 2 is 2.35 bits per heavy atom. The van der Waals surface area contributed by atoms with Crippen molar-refractivity contribution in [2.75, 3.05) is 18.0 Å². The third-order valence-electron chi connectivity index (χ3n) is 3.17. The van der Waals surface area contributed by atoms with Crippen LogP contribution in [0.15, 0.2) is 11.1 Å². The molecule has 5 nitrogen and oxygen atoms in total. The summed E-state index contributed by atoms with van der Waals surface area (Å²) in [4.78, 5) is 20.3. The number of H-pyrrole nitrogens is 1. The zero-order chi connectivity index (χ0) is 12.3. The molecule has 1 aromatic heterocycles. The van der Waals surface area contributed by atoms with Crippen molar-refractivity contribution in [3.05, 3.63) is 21.7 Å². The van der Waals surface area contributed by atoms with E-state index in [2.05, 4.69) is 14.9 Å². The van der Waals surface area contributed by atoms with E-state index in [-0.39, 0.29) is 10.6 Å². The van der Waals surface area contributed by atoms with Gasteiger partial charge in [0.15, 0.2) is 5.82 Å². The van der Waals surface area contributed by atoms with Gasteiger partial charge >= 0.3 is 0 Å². The molecule has 3 N–H and O–H groups in total. The minimum Gasteiger partial charge on any atom is -0.352 e. The first kappa shape index (κ1) is 12.4. The van der Waals surface area contributed by atoms with E-state index in [1.54, 1.807) is 0 Å². The molecule has 0 saturated heterocycles. The minimum absolute atomic E-state index is 0.177. The zero-order valence-electron chi connectivity index (χ0n) is 9.66. The lowest BCUT2D eigenvalue weighted by molar-refractivity contribution is 0.382. The van der Waals surface area contributed by atoms with Gasteiger partial charge in [-0.1, -0.05) is 11.6 Å². The Bertz CT molecular complexity index is 430. The maximum atomic E-state index is 11.5. The van der Waals surface area contributed by atoms with Crippen molar-refractivity contribution in [1.29, 1.82) is 0 Å². The van der Waals surface area contributed by atoms with Gasteiger partial charge in [-0.05, 0) is 32.2 Å². The Hall–Kier alpha value is -1.07. The predicted molar refractivity (Wildman–Crippen MR) is 68.5 cm³/mol. The number of halogens is 1. The molecule has 17 heavy (non-hydrogen) atoms. The number of rotatable bonds is 5. The summed E-state index contributed by atoms with van der Waals surface area (Å²) in [6.07, 6.45) is 5.77. The summed E-state index contributed by atoms with van der Waals surface area (Å²) in [6, 6.07) is 0.452. The van der Waals surface area contributed by atoms with Crippen molar-refractivity contribution in [3.63, 3.8) is 0 Å². The van der Waals surface area contributed by atoms with Crippen LogP contribution in [0.1, 0.15) is 25.7 Å².